The molecule has 2 heterocycles. The molecule has 0 unspecified atom stereocenters. The SMILES string of the molecule is COc1cccc(-c2c(NC(=O)c3cccs3)oc3ccc(Cl)cc3c2=O)c1. The number of nitrogens with one attached hydrogen (secondary N) is 1. The second-order valence-electron chi connectivity index (χ2n) is 5.94. The molecule has 7 heteroatoms. The second kappa shape index (κ2) is 7.50. The molecule has 0 saturated carbocycles. The molecule has 0 radical (unpaired) electrons. The molecular weight excluding hydrogens is 398 g/mol. The molecule has 4 rings (SSSR count). The lowest BCUT2D eigenvalue weighted by molar-refractivity contribution is 0.102. The van der Waals surface area contributed by atoms with Crippen LogP contribution in [0.25, 0.3) is 22.1 Å². The average Bonchev–Trinajstić information content (AvgIpc) is 3.24. The molecule has 0 atom stereocenters. The van der Waals surface area contributed by atoms with Crippen molar-refractivity contribution in [1.29, 1.82) is 0 Å². The summed E-state index contributed by atoms with van der Waals surface area (Å²) in [5.41, 5.74) is 0.844. The van der Waals surface area contributed by atoms with Gasteiger partial charge in [-0.25, -0.2) is 0 Å². The standard InChI is InChI=1S/C21H14ClNO4S/c1-26-14-5-2-4-12(10-14)18-19(24)15-11-13(22)7-8-16(15)27-21(18)23-20(25)17-6-3-9-28-17/h2-11H,1H3,(H,23,25). The van der Waals surface area contributed by atoms with Crippen molar-refractivity contribution in [2.75, 3.05) is 12.4 Å². The van der Waals surface area contributed by atoms with Crippen molar-refractivity contribution in [1.82, 2.24) is 0 Å². The Balaban J connectivity index is 1.94. The van der Waals surface area contributed by atoms with Gasteiger partial charge >= 0.3 is 0 Å². The molecule has 0 aliphatic rings. The third-order valence-electron chi connectivity index (χ3n) is 4.18. The lowest BCUT2D eigenvalue weighted by Gasteiger charge is -2.12. The van der Waals surface area contributed by atoms with E-state index >= 15 is 0 Å². The molecule has 1 N–H and O–H groups in total. The minimum atomic E-state index is -0.351. The predicted octanol–water partition coefficient (Wildman–Crippen LogP) is 5.44. The van der Waals surface area contributed by atoms with Crippen LogP contribution in [0.4, 0.5) is 5.88 Å². The number of thiophene rings is 1. The van der Waals surface area contributed by atoms with E-state index in [0.717, 1.165) is 0 Å². The topological polar surface area (TPSA) is 68.5 Å². The molecule has 0 bridgehead atoms. The largest absolute Gasteiger partial charge is 0.497 e. The number of halogens is 1. The minimum absolute atomic E-state index is 0.0754. The van der Waals surface area contributed by atoms with Gasteiger partial charge in [-0.1, -0.05) is 29.8 Å². The molecule has 28 heavy (non-hydrogen) atoms. The number of benzene rings is 2. The number of ether oxygens (including phenoxy) is 1. The van der Waals surface area contributed by atoms with Crippen molar-refractivity contribution in [3.8, 4) is 16.9 Å². The summed E-state index contributed by atoms with van der Waals surface area (Å²) in [6.45, 7) is 0. The Morgan fingerprint density at radius 2 is 2.00 bits per heavy atom. The van der Waals surface area contributed by atoms with Crippen LogP contribution in [-0.4, -0.2) is 13.0 Å². The minimum Gasteiger partial charge on any atom is -0.497 e. The second-order valence-corrected chi connectivity index (χ2v) is 7.32. The van der Waals surface area contributed by atoms with Gasteiger partial charge in [0.25, 0.3) is 5.91 Å². The first kappa shape index (κ1) is 18.3. The van der Waals surface area contributed by atoms with Crippen LogP contribution in [0.5, 0.6) is 5.75 Å². The molecule has 1 amide bonds. The van der Waals surface area contributed by atoms with Gasteiger partial charge in [0.05, 0.1) is 22.9 Å². The number of hydrogen-bond acceptors (Lipinski definition) is 5. The van der Waals surface area contributed by atoms with Gasteiger partial charge < -0.3 is 9.15 Å². The Labute approximate surface area is 169 Å². The first-order chi connectivity index (χ1) is 13.6. The van der Waals surface area contributed by atoms with Gasteiger partial charge in [-0.3, -0.25) is 14.9 Å². The summed E-state index contributed by atoms with van der Waals surface area (Å²) < 4.78 is 11.2. The van der Waals surface area contributed by atoms with E-state index in [-0.39, 0.29) is 22.8 Å². The smallest absolute Gasteiger partial charge is 0.268 e. The lowest BCUT2D eigenvalue weighted by Crippen LogP contribution is -2.15. The molecule has 0 aliphatic carbocycles. The summed E-state index contributed by atoms with van der Waals surface area (Å²) in [5.74, 6) is 0.306. The number of methoxy groups -OCH3 is 1. The van der Waals surface area contributed by atoms with E-state index in [1.807, 2.05) is 0 Å². The summed E-state index contributed by atoms with van der Waals surface area (Å²) >= 11 is 7.36. The molecule has 0 saturated heterocycles. The Kier molecular flexibility index (Phi) is 4.90. The highest BCUT2D eigenvalue weighted by Crippen LogP contribution is 2.32. The highest BCUT2D eigenvalue weighted by Gasteiger charge is 2.20. The summed E-state index contributed by atoms with van der Waals surface area (Å²) in [4.78, 5) is 26.3. The van der Waals surface area contributed by atoms with Crippen molar-refractivity contribution >= 4 is 45.7 Å². The van der Waals surface area contributed by atoms with Crippen LogP contribution in [0, 0.1) is 0 Å². The van der Waals surface area contributed by atoms with Gasteiger partial charge in [-0.05, 0) is 47.3 Å². The fraction of sp³-hybridized carbons (Fsp3) is 0.0476. The molecule has 0 aliphatic heterocycles. The average molecular weight is 412 g/mol. The zero-order valence-electron chi connectivity index (χ0n) is 14.7. The summed E-state index contributed by atoms with van der Waals surface area (Å²) in [6.07, 6.45) is 0. The molecule has 2 aromatic carbocycles. The van der Waals surface area contributed by atoms with Gasteiger partial charge in [0.2, 0.25) is 11.3 Å². The van der Waals surface area contributed by atoms with Gasteiger partial charge in [0.1, 0.15) is 11.3 Å². The molecule has 140 valence electrons. The number of carbonyl (C=O) groups is 1. The molecule has 4 aromatic rings. The Morgan fingerprint density at radius 1 is 1.14 bits per heavy atom. The van der Waals surface area contributed by atoms with Crippen LogP contribution in [0.2, 0.25) is 5.02 Å². The van der Waals surface area contributed by atoms with Gasteiger partial charge in [0, 0.05) is 5.02 Å². The quantitative estimate of drug-likeness (QED) is 0.485. The van der Waals surface area contributed by atoms with E-state index in [1.54, 1.807) is 67.1 Å². The van der Waals surface area contributed by atoms with Crippen molar-refractivity contribution in [3.05, 3.63) is 80.1 Å². The number of fused-ring (bicyclic) bond motifs is 1. The number of hydrogen-bond donors (Lipinski definition) is 1. The monoisotopic (exact) mass is 411 g/mol. The van der Waals surface area contributed by atoms with E-state index in [1.165, 1.54) is 11.3 Å². The lowest BCUT2D eigenvalue weighted by atomic mass is 10.0. The van der Waals surface area contributed by atoms with E-state index in [2.05, 4.69) is 5.32 Å². The predicted molar refractivity (Wildman–Crippen MR) is 112 cm³/mol. The van der Waals surface area contributed by atoms with Gasteiger partial charge in [-0.15, -0.1) is 11.3 Å². The summed E-state index contributed by atoms with van der Waals surface area (Å²) in [6, 6.07) is 15.3. The van der Waals surface area contributed by atoms with E-state index in [9.17, 15) is 9.59 Å². The van der Waals surface area contributed by atoms with Crippen LogP contribution in [0.3, 0.4) is 0 Å². The van der Waals surface area contributed by atoms with Crippen LogP contribution in [0.1, 0.15) is 9.67 Å². The number of rotatable bonds is 4. The third-order valence-corrected chi connectivity index (χ3v) is 5.29. The zero-order chi connectivity index (χ0) is 19.7. The molecule has 0 spiro atoms. The van der Waals surface area contributed by atoms with Crippen LogP contribution in [-0.2, 0) is 0 Å². The van der Waals surface area contributed by atoms with E-state index < -0.39 is 0 Å². The Bertz CT molecular complexity index is 1230. The summed E-state index contributed by atoms with van der Waals surface area (Å²) in [5, 5.41) is 5.29. The first-order valence-electron chi connectivity index (χ1n) is 8.32. The maximum Gasteiger partial charge on any atom is 0.268 e. The molecule has 0 fully saturated rings. The Hall–Kier alpha value is -3.09. The zero-order valence-corrected chi connectivity index (χ0v) is 16.3. The number of amides is 1. The van der Waals surface area contributed by atoms with Gasteiger partial charge in [0.15, 0.2) is 0 Å². The molecule has 2 aromatic heterocycles. The fourth-order valence-electron chi connectivity index (χ4n) is 2.87. The molecule has 5 nitrogen and oxygen atoms in total. The van der Waals surface area contributed by atoms with Crippen molar-refractivity contribution in [3.63, 3.8) is 0 Å². The van der Waals surface area contributed by atoms with Crippen LogP contribution < -0.4 is 15.5 Å². The maximum absolute atomic E-state index is 13.3. The third kappa shape index (κ3) is 3.40. The summed E-state index contributed by atoms with van der Waals surface area (Å²) in [7, 11) is 1.54. The van der Waals surface area contributed by atoms with Gasteiger partial charge in [-0.2, -0.15) is 0 Å². The number of carbonyl (C=O) groups excluding carboxylic acids is 1. The van der Waals surface area contributed by atoms with E-state index in [4.69, 9.17) is 20.8 Å². The maximum atomic E-state index is 13.3. The van der Waals surface area contributed by atoms with Crippen LogP contribution >= 0.6 is 22.9 Å². The van der Waals surface area contributed by atoms with Crippen molar-refractivity contribution in [2.24, 2.45) is 0 Å². The van der Waals surface area contributed by atoms with E-state index in [0.29, 0.717) is 32.2 Å². The van der Waals surface area contributed by atoms with Crippen molar-refractivity contribution in [2.45, 2.75) is 0 Å². The molecular formula is C21H14ClNO4S. The first-order valence-corrected chi connectivity index (χ1v) is 9.58. The normalized spacial score (nSPS) is 10.8. The highest BCUT2D eigenvalue weighted by molar-refractivity contribution is 7.12. The number of anilines is 1. The highest BCUT2D eigenvalue weighted by atomic mass is 35.5. The Morgan fingerprint density at radius 3 is 2.75 bits per heavy atom. The fourth-order valence-corrected chi connectivity index (χ4v) is 3.66. The van der Waals surface area contributed by atoms with Crippen molar-refractivity contribution < 1.29 is 13.9 Å². The van der Waals surface area contributed by atoms with Crippen LogP contribution in [0.15, 0.2) is 69.2 Å².